The first kappa shape index (κ1) is 17.9. The maximum Gasteiger partial charge on any atom is 0.335 e. The maximum atomic E-state index is 11.2. The zero-order chi connectivity index (χ0) is 17.7. The molecule has 2 aromatic rings. The van der Waals surface area contributed by atoms with Crippen LogP contribution >= 0.6 is 11.3 Å². The highest BCUT2D eigenvalue weighted by molar-refractivity contribution is 7.09. The van der Waals surface area contributed by atoms with Gasteiger partial charge in [0.15, 0.2) is 0 Å². The average molecular weight is 344 g/mol. The molecule has 0 saturated heterocycles. The van der Waals surface area contributed by atoms with Crippen molar-refractivity contribution in [2.45, 2.75) is 27.2 Å². The van der Waals surface area contributed by atoms with E-state index in [-0.39, 0.29) is 5.69 Å². The largest absolute Gasteiger partial charge is 0.366 e. The zero-order valence-electron chi connectivity index (χ0n) is 14.2. The van der Waals surface area contributed by atoms with Crippen molar-refractivity contribution in [3.8, 4) is 0 Å². The van der Waals surface area contributed by atoms with Gasteiger partial charge in [-0.05, 0) is 43.5 Å². The molecule has 0 radical (unpaired) electrons. The molecule has 0 N–H and O–H groups in total. The maximum absolute atomic E-state index is 11.2. The molecule has 7 heteroatoms. The van der Waals surface area contributed by atoms with Crippen LogP contribution in [-0.2, 0) is 6.42 Å². The van der Waals surface area contributed by atoms with Crippen molar-refractivity contribution >= 4 is 29.3 Å². The van der Waals surface area contributed by atoms with Gasteiger partial charge in [-0.2, -0.15) is 0 Å². The van der Waals surface area contributed by atoms with E-state index in [1.165, 1.54) is 11.3 Å². The molecule has 0 saturated carbocycles. The van der Waals surface area contributed by atoms with Gasteiger partial charge >= 0.3 is 5.91 Å². The Bertz CT molecular complexity index is 783. The molecule has 0 aliphatic heterocycles. The highest BCUT2D eigenvalue weighted by Gasteiger charge is 2.12. The van der Waals surface area contributed by atoms with Gasteiger partial charge in [0, 0.05) is 30.6 Å². The number of benzene rings is 1. The molecular formula is C17H20N4O2S. The zero-order valence-corrected chi connectivity index (χ0v) is 15.1. The van der Waals surface area contributed by atoms with Gasteiger partial charge in [-0.1, -0.05) is 6.07 Å². The van der Waals surface area contributed by atoms with E-state index in [2.05, 4.69) is 34.2 Å². The minimum Gasteiger partial charge on any atom is -0.366 e. The number of carbonyl (C=O) groups is 1. The predicted molar refractivity (Wildman–Crippen MR) is 97.4 cm³/mol. The van der Waals surface area contributed by atoms with Crippen LogP contribution in [0.1, 0.15) is 39.1 Å². The summed E-state index contributed by atoms with van der Waals surface area (Å²) >= 11 is 1.36. The molecule has 0 unspecified atom stereocenters. The molecule has 1 heterocycles. The third kappa shape index (κ3) is 4.32. The highest BCUT2D eigenvalue weighted by Crippen LogP contribution is 2.26. The number of aryl methyl sites for hydroxylation is 2. The number of aromatic nitrogens is 1. The van der Waals surface area contributed by atoms with Crippen molar-refractivity contribution in [1.29, 1.82) is 0 Å². The molecule has 0 fully saturated rings. The van der Waals surface area contributed by atoms with E-state index in [1.54, 1.807) is 5.38 Å². The van der Waals surface area contributed by atoms with Crippen LogP contribution in [0.3, 0.4) is 0 Å². The Hall–Kier alpha value is -2.41. The number of thiazole rings is 1. The van der Waals surface area contributed by atoms with Crippen molar-refractivity contribution in [3.63, 3.8) is 0 Å². The lowest BCUT2D eigenvalue weighted by Crippen LogP contribution is -2.14. The van der Waals surface area contributed by atoms with Crippen molar-refractivity contribution in [1.82, 2.24) is 9.88 Å². The number of hydrogen-bond donors (Lipinski definition) is 0. The standard InChI is InChI=1S/C17H20N4O2S/c1-5-21(4)10-18-14-7-11(2)13(6-12(14)3)8-16-19-15(9-24-16)17(22)20-23/h6-7,9-10H,5,8H2,1-4H3. The molecule has 1 amide bonds. The fourth-order valence-corrected chi connectivity index (χ4v) is 2.92. The molecule has 0 atom stereocenters. The van der Waals surface area contributed by atoms with E-state index in [9.17, 15) is 9.70 Å². The summed E-state index contributed by atoms with van der Waals surface area (Å²) in [7, 11) is 1.98. The lowest BCUT2D eigenvalue weighted by molar-refractivity contribution is 0.0996. The van der Waals surface area contributed by atoms with E-state index >= 15 is 0 Å². The van der Waals surface area contributed by atoms with Crippen LogP contribution in [0.4, 0.5) is 5.69 Å². The number of aliphatic imine (C=N–C) groups is 1. The predicted octanol–water partition coefficient (Wildman–Crippen LogP) is 3.87. The van der Waals surface area contributed by atoms with Gasteiger partial charge in [0.2, 0.25) is 0 Å². The van der Waals surface area contributed by atoms with Gasteiger partial charge in [-0.15, -0.1) is 16.2 Å². The van der Waals surface area contributed by atoms with Crippen molar-refractivity contribution in [3.05, 3.63) is 49.8 Å². The second kappa shape index (κ2) is 7.92. The Labute approximate surface area is 145 Å². The van der Waals surface area contributed by atoms with Crippen LogP contribution in [0.15, 0.2) is 27.7 Å². The smallest absolute Gasteiger partial charge is 0.335 e. The summed E-state index contributed by atoms with van der Waals surface area (Å²) in [5.74, 6) is -0.824. The van der Waals surface area contributed by atoms with E-state index in [0.29, 0.717) is 6.42 Å². The lowest BCUT2D eigenvalue weighted by atomic mass is 10.0. The summed E-state index contributed by atoms with van der Waals surface area (Å²) in [4.78, 5) is 32.2. The summed E-state index contributed by atoms with van der Waals surface area (Å²) in [6.07, 6.45) is 2.44. The Morgan fingerprint density at radius 3 is 2.75 bits per heavy atom. The summed E-state index contributed by atoms with van der Waals surface area (Å²) in [6.45, 7) is 7.03. The molecule has 1 aromatic carbocycles. The van der Waals surface area contributed by atoms with E-state index in [0.717, 1.165) is 33.9 Å². The average Bonchev–Trinajstić information content (AvgIpc) is 3.04. The minimum absolute atomic E-state index is 0.114. The fourth-order valence-electron chi connectivity index (χ4n) is 2.13. The van der Waals surface area contributed by atoms with E-state index < -0.39 is 5.91 Å². The summed E-state index contributed by atoms with van der Waals surface area (Å²) in [6, 6.07) is 4.14. The molecule has 0 aliphatic carbocycles. The molecule has 6 nitrogen and oxygen atoms in total. The Kier molecular flexibility index (Phi) is 5.92. The summed E-state index contributed by atoms with van der Waals surface area (Å²) in [5, 5.41) is 4.75. The van der Waals surface area contributed by atoms with Crippen LogP contribution in [0.25, 0.3) is 0 Å². The number of amides is 1. The lowest BCUT2D eigenvalue weighted by Gasteiger charge is -2.11. The van der Waals surface area contributed by atoms with Crippen molar-refractivity contribution in [2.24, 2.45) is 10.2 Å². The Morgan fingerprint density at radius 2 is 2.08 bits per heavy atom. The summed E-state index contributed by atoms with van der Waals surface area (Å²) < 4.78 is 0. The molecule has 0 bridgehead atoms. The molecular weight excluding hydrogens is 324 g/mol. The minimum atomic E-state index is -0.824. The third-order valence-corrected chi connectivity index (χ3v) is 4.59. The molecule has 0 aliphatic rings. The number of nitrogens with zero attached hydrogens (tertiary/aromatic N) is 4. The summed E-state index contributed by atoms with van der Waals surface area (Å²) in [5.41, 5.74) is 4.38. The number of rotatable bonds is 6. The highest BCUT2D eigenvalue weighted by atomic mass is 32.1. The van der Waals surface area contributed by atoms with Crippen LogP contribution in [0, 0.1) is 18.8 Å². The number of nitroso groups, excluding NO2 is 1. The van der Waals surface area contributed by atoms with Gasteiger partial charge in [0.05, 0.1) is 17.0 Å². The van der Waals surface area contributed by atoms with Gasteiger partial charge in [0.25, 0.3) is 0 Å². The molecule has 1 aromatic heterocycles. The van der Waals surface area contributed by atoms with E-state index in [4.69, 9.17) is 0 Å². The van der Waals surface area contributed by atoms with Gasteiger partial charge in [0.1, 0.15) is 5.69 Å². The Balaban J connectivity index is 2.21. The first-order chi connectivity index (χ1) is 11.4. The number of hydrogen-bond acceptors (Lipinski definition) is 5. The monoisotopic (exact) mass is 344 g/mol. The van der Waals surface area contributed by atoms with Crippen LogP contribution in [0.5, 0.6) is 0 Å². The van der Waals surface area contributed by atoms with Crippen LogP contribution in [-0.4, -0.2) is 35.7 Å². The first-order valence-corrected chi connectivity index (χ1v) is 8.49. The molecule has 0 spiro atoms. The molecule has 126 valence electrons. The van der Waals surface area contributed by atoms with Crippen LogP contribution < -0.4 is 0 Å². The Morgan fingerprint density at radius 1 is 1.33 bits per heavy atom. The topological polar surface area (TPSA) is 75.0 Å². The van der Waals surface area contributed by atoms with Gasteiger partial charge < -0.3 is 4.90 Å². The molecule has 2 rings (SSSR count). The fraction of sp³-hybridized carbons (Fsp3) is 0.353. The first-order valence-electron chi connectivity index (χ1n) is 7.61. The van der Waals surface area contributed by atoms with E-state index in [1.807, 2.05) is 32.1 Å². The van der Waals surface area contributed by atoms with Gasteiger partial charge in [-0.25, -0.2) is 9.98 Å². The number of carbonyl (C=O) groups excluding carboxylic acids is 1. The quantitative estimate of drug-likeness (QED) is 0.453. The second-order valence-corrected chi connectivity index (χ2v) is 6.53. The van der Waals surface area contributed by atoms with Crippen LogP contribution in [0.2, 0.25) is 0 Å². The third-order valence-electron chi connectivity index (χ3n) is 3.74. The SMILES string of the molecule is CCN(C)C=Nc1cc(C)c(Cc2nc(C(=O)N=O)cs2)cc1C. The van der Waals surface area contributed by atoms with Crippen molar-refractivity contribution in [2.75, 3.05) is 13.6 Å². The molecule has 24 heavy (non-hydrogen) atoms. The normalized spacial score (nSPS) is 11.0. The van der Waals surface area contributed by atoms with Crippen molar-refractivity contribution < 1.29 is 4.79 Å². The van der Waals surface area contributed by atoms with Gasteiger partial charge in [-0.3, -0.25) is 4.79 Å². The second-order valence-electron chi connectivity index (χ2n) is 5.58.